The van der Waals surface area contributed by atoms with Gasteiger partial charge in [0.1, 0.15) is 0 Å². The maximum atomic E-state index is 12.6. The second kappa shape index (κ2) is 9.40. The molecule has 5 rings (SSSR count). The van der Waals surface area contributed by atoms with Crippen LogP contribution in [0.2, 0.25) is 0 Å². The van der Waals surface area contributed by atoms with Gasteiger partial charge in [0.05, 0.1) is 22.7 Å². The Labute approximate surface area is 187 Å². The fourth-order valence-electron chi connectivity index (χ4n) is 4.83. The van der Waals surface area contributed by atoms with Gasteiger partial charge in [-0.3, -0.25) is 19.2 Å². The summed E-state index contributed by atoms with van der Waals surface area (Å²) in [4.78, 5) is 28.6. The van der Waals surface area contributed by atoms with Crippen molar-refractivity contribution < 1.29 is 0 Å². The zero-order chi connectivity index (χ0) is 21.0. The molecule has 0 atom stereocenters. The van der Waals surface area contributed by atoms with E-state index in [1.54, 1.807) is 29.4 Å². The van der Waals surface area contributed by atoms with E-state index >= 15 is 0 Å². The summed E-state index contributed by atoms with van der Waals surface area (Å²) in [6.07, 6.45) is 12.7. The molecule has 3 aromatic heterocycles. The summed E-state index contributed by atoms with van der Waals surface area (Å²) in [5.41, 5.74) is 2.80. The van der Waals surface area contributed by atoms with E-state index in [0.29, 0.717) is 17.5 Å². The van der Waals surface area contributed by atoms with Gasteiger partial charge in [-0.1, -0.05) is 12.8 Å². The van der Waals surface area contributed by atoms with Crippen molar-refractivity contribution in [3.8, 4) is 11.3 Å². The lowest BCUT2D eigenvalue weighted by Crippen LogP contribution is -2.36. The first-order valence-electron chi connectivity index (χ1n) is 11.4. The molecule has 2 fully saturated rings. The van der Waals surface area contributed by atoms with Crippen molar-refractivity contribution in [2.24, 2.45) is 5.92 Å². The molecule has 0 N–H and O–H groups in total. The molecule has 3 aromatic rings. The van der Waals surface area contributed by atoms with Crippen molar-refractivity contribution in [1.29, 1.82) is 0 Å². The summed E-state index contributed by atoms with van der Waals surface area (Å²) in [5.74, 6) is 1.23. The quantitative estimate of drug-likeness (QED) is 0.577. The molecule has 1 saturated heterocycles. The SMILES string of the molecule is O=c1cc(-c2cccnc2)ncn1CC1CCN(Cc2csc(C3CCCC3)n2)CC1. The van der Waals surface area contributed by atoms with Crippen LogP contribution in [0.1, 0.15) is 55.1 Å². The van der Waals surface area contributed by atoms with Crippen LogP contribution < -0.4 is 5.56 Å². The second-order valence-corrected chi connectivity index (χ2v) is 9.77. The molecule has 1 saturated carbocycles. The fourth-order valence-corrected chi connectivity index (χ4v) is 5.81. The van der Waals surface area contributed by atoms with E-state index in [1.165, 1.54) is 36.4 Å². The van der Waals surface area contributed by atoms with Gasteiger partial charge in [0.2, 0.25) is 0 Å². The number of hydrogen-bond donors (Lipinski definition) is 0. The first-order valence-corrected chi connectivity index (χ1v) is 12.3. The number of rotatable bonds is 6. The van der Waals surface area contributed by atoms with Crippen LogP contribution in [0.25, 0.3) is 11.3 Å². The third-order valence-corrected chi connectivity index (χ3v) is 7.71. The highest BCUT2D eigenvalue weighted by Crippen LogP contribution is 2.35. The van der Waals surface area contributed by atoms with Gasteiger partial charge in [-0.2, -0.15) is 0 Å². The molecule has 1 aliphatic heterocycles. The minimum atomic E-state index is 0.0122. The number of piperidine rings is 1. The molecule has 7 heteroatoms. The smallest absolute Gasteiger partial charge is 0.253 e. The summed E-state index contributed by atoms with van der Waals surface area (Å²) in [7, 11) is 0. The van der Waals surface area contributed by atoms with Crippen LogP contribution >= 0.6 is 11.3 Å². The highest BCUT2D eigenvalue weighted by Gasteiger charge is 2.23. The Morgan fingerprint density at radius 2 is 1.97 bits per heavy atom. The number of pyridine rings is 1. The Balaban J connectivity index is 1.14. The Morgan fingerprint density at radius 3 is 2.71 bits per heavy atom. The van der Waals surface area contributed by atoms with Crippen molar-refractivity contribution >= 4 is 11.3 Å². The molecule has 2 aliphatic rings. The van der Waals surface area contributed by atoms with Crippen LogP contribution in [0.15, 0.2) is 47.1 Å². The van der Waals surface area contributed by atoms with Crippen LogP contribution in [0.3, 0.4) is 0 Å². The number of hydrogen-bond acceptors (Lipinski definition) is 6. The topological polar surface area (TPSA) is 63.9 Å². The lowest BCUT2D eigenvalue weighted by Gasteiger charge is -2.31. The second-order valence-electron chi connectivity index (χ2n) is 8.88. The predicted molar refractivity (Wildman–Crippen MR) is 123 cm³/mol. The van der Waals surface area contributed by atoms with Gasteiger partial charge in [-0.15, -0.1) is 11.3 Å². The van der Waals surface area contributed by atoms with E-state index in [9.17, 15) is 4.79 Å². The Kier molecular flexibility index (Phi) is 6.22. The Hall–Kier alpha value is -2.38. The van der Waals surface area contributed by atoms with Gasteiger partial charge in [-0.05, 0) is 56.8 Å². The van der Waals surface area contributed by atoms with Crippen LogP contribution in [-0.2, 0) is 13.1 Å². The lowest BCUT2D eigenvalue weighted by atomic mass is 9.96. The normalized spacial score (nSPS) is 18.6. The fraction of sp³-hybridized carbons (Fsp3) is 0.500. The van der Waals surface area contributed by atoms with Gasteiger partial charge in [0, 0.05) is 48.4 Å². The summed E-state index contributed by atoms with van der Waals surface area (Å²) >= 11 is 1.85. The number of thiazole rings is 1. The zero-order valence-corrected chi connectivity index (χ0v) is 18.6. The van der Waals surface area contributed by atoms with Crippen molar-refractivity contribution in [1.82, 2.24) is 24.4 Å². The van der Waals surface area contributed by atoms with Crippen molar-refractivity contribution in [2.75, 3.05) is 13.1 Å². The summed E-state index contributed by atoms with van der Waals surface area (Å²) in [6.45, 7) is 3.83. The molecule has 162 valence electrons. The first-order chi connectivity index (χ1) is 15.2. The molecule has 0 spiro atoms. The van der Waals surface area contributed by atoms with Crippen LogP contribution in [0, 0.1) is 5.92 Å². The van der Waals surface area contributed by atoms with E-state index in [4.69, 9.17) is 4.98 Å². The molecule has 0 amide bonds. The van der Waals surface area contributed by atoms with E-state index in [-0.39, 0.29) is 5.56 Å². The third-order valence-electron chi connectivity index (χ3n) is 6.66. The number of aromatic nitrogens is 4. The van der Waals surface area contributed by atoms with Crippen molar-refractivity contribution in [3.63, 3.8) is 0 Å². The van der Waals surface area contributed by atoms with Crippen molar-refractivity contribution in [3.05, 3.63) is 63.4 Å². The number of likely N-dealkylation sites (tertiary alicyclic amines) is 1. The molecule has 0 unspecified atom stereocenters. The summed E-state index contributed by atoms with van der Waals surface area (Å²) in [6, 6.07) is 5.40. The van der Waals surface area contributed by atoms with Crippen molar-refractivity contribution in [2.45, 2.75) is 57.5 Å². The zero-order valence-electron chi connectivity index (χ0n) is 17.8. The highest BCUT2D eigenvalue weighted by molar-refractivity contribution is 7.09. The summed E-state index contributed by atoms with van der Waals surface area (Å²) in [5, 5.41) is 3.61. The van der Waals surface area contributed by atoms with Gasteiger partial charge in [-0.25, -0.2) is 9.97 Å². The van der Waals surface area contributed by atoms with Crippen LogP contribution in [0.5, 0.6) is 0 Å². The third kappa shape index (κ3) is 4.93. The lowest BCUT2D eigenvalue weighted by molar-refractivity contribution is 0.165. The van der Waals surface area contributed by atoms with E-state index in [2.05, 4.69) is 20.2 Å². The molecule has 6 nitrogen and oxygen atoms in total. The van der Waals surface area contributed by atoms with Gasteiger partial charge >= 0.3 is 0 Å². The summed E-state index contributed by atoms with van der Waals surface area (Å²) < 4.78 is 1.76. The predicted octanol–water partition coefficient (Wildman–Crippen LogP) is 4.33. The van der Waals surface area contributed by atoms with Crippen LogP contribution in [-0.4, -0.2) is 37.5 Å². The maximum absolute atomic E-state index is 12.6. The van der Waals surface area contributed by atoms with E-state index in [1.807, 2.05) is 23.5 Å². The van der Waals surface area contributed by atoms with Crippen LogP contribution in [0.4, 0.5) is 0 Å². The van der Waals surface area contributed by atoms with E-state index in [0.717, 1.165) is 44.6 Å². The molecular weight excluding hydrogens is 406 g/mol. The molecule has 0 aromatic carbocycles. The average molecular weight is 436 g/mol. The molecule has 0 bridgehead atoms. The standard InChI is InChI=1S/C24H29N5OS/c30-23-12-22(20-6-3-9-25-13-20)26-17-29(23)14-18-7-10-28(11-8-18)15-21-16-31-24(27-21)19-4-1-2-5-19/h3,6,9,12-13,16-19H,1-2,4-5,7-8,10-11,14-15H2. The first kappa shape index (κ1) is 20.5. The monoisotopic (exact) mass is 435 g/mol. The van der Waals surface area contributed by atoms with Gasteiger partial charge < -0.3 is 0 Å². The minimum Gasteiger partial charge on any atom is -0.299 e. The maximum Gasteiger partial charge on any atom is 0.253 e. The number of nitrogens with zero attached hydrogens (tertiary/aromatic N) is 5. The Morgan fingerprint density at radius 1 is 1.13 bits per heavy atom. The molecule has 0 radical (unpaired) electrons. The van der Waals surface area contributed by atoms with Gasteiger partial charge in [0.15, 0.2) is 0 Å². The molecular formula is C24H29N5OS. The molecule has 1 aliphatic carbocycles. The van der Waals surface area contributed by atoms with E-state index < -0.39 is 0 Å². The van der Waals surface area contributed by atoms with Gasteiger partial charge in [0.25, 0.3) is 5.56 Å². The average Bonchev–Trinajstić information content (AvgIpc) is 3.49. The molecule has 4 heterocycles. The minimum absolute atomic E-state index is 0.0122. The largest absolute Gasteiger partial charge is 0.299 e. The molecule has 31 heavy (non-hydrogen) atoms. The Bertz CT molecular complexity index is 1050. The highest BCUT2D eigenvalue weighted by atomic mass is 32.1.